The van der Waals surface area contributed by atoms with E-state index >= 15 is 0 Å². The average molecular weight is 258 g/mol. The third kappa shape index (κ3) is 2.75. The second kappa shape index (κ2) is 5.11. The minimum Gasteiger partial charge on any atom is -0.294 e. The number of carbonyl (C=O) groups is 1. The molecule has 1 aliphatic rings. The highest BCUT2D eigenvalue weighted by atomic mass is 16.1. The summed E-state index contributed by atoms with van der Waals surface area (Å²) in [5.74, 6) is 0.773. The normalized spacial score (nSPS) is 23.1. The molecule has 1 aromatic carbocycles. The lowest BCUT2D eigenvalue weighted by Crippen LogP contribution is -2.43. The summed E-state index contributed by atoms with van der Waals surface area (Å²) in [5, 5.41) is 0. The van der Waals surface area contributed by atoms with Gasteiger partial charge in [0.15, 0.2) is 5.78 Å². The van der Waals surface area contributed by atoms with Crippen molar-refractivity contribution in [2.75, 3.05) is 0 Å². The van der Waals surface area contributed by atoms with E-state index in [1.165, 1.54) is 25.7 Å². The fourth-order valence-electron chi connectivity index (χ4n) is 3.95. The number of ketones is 1. The second-order valence-electron chi connectivity index (χ2n) is 7.20. The Balaban J connectivity index is 2.29. The maximum absolute atomic E-state index is 12.9. The quantitative estimate of drug-likeness (QED) is 0.688. The van der Waals surface area contributed by atoms with Gasteiger partial charge in [0.05, 0.1) is 0 Å². The lowest BCUT2D eigenvalue weighted by molar-refractivity contribution is 0.0272. The van der Waals surface area contributed by atoms with Gasteiger partial charge in [0.2, 0.25) is 0 Å². The van der Waals surface area contributed by atoms with Crippen LogP contribution in [-0.2, 0) is 0 Å². The molecule has 0 heterocycles. The first-order valence-corrected chi connectivity index (χ1v) is 7.45. The first kappa shape index (κ1) is 14.3. The zero-order valence-corrected chi connectivity index (χ0v) is 12.7. The van der Waals surface area contributed by atoms with E-state index in [0.29, 0.717) is 11.7 Å². The summed E-state index contributed by atoms with van der Waals surface area (Å²) in [4.78, 5) is 12.9. The van der Waals surface area contributed by atoms with Crippen LogP contribution in [0.5, 0.6) is 0 Å². The molecule has 2 rings (SSSR count). The molecule has 0 amide bonds. The lowest BCUT2D eigenvalue weighted by Gasteiger charge is -2.47. The Bertz CT molecular complexity index is 442. The lowest BCUT2D eigenvalue weighted by atomic mass is 9.57. The molecule has 1 nitrogen and oxygen atoms in total. The van der Waals surface area contributed by atoms with Gasteiger partial charge in [-0.3, -0.25) is 4.79 Å². The SMILES string of the molecule is CC1(C)CCCCC1C(C)(C)C(=O)c1ccccc1. The first-order valence-electron chi connectivity index (χ1n) is 7.45. The van der Waals surface area contributed by atoms with E-state index in [2.05, 4.69) is 27.7 Å². The number of Topliss-reactive ketones (excluding diaryl/α,β-unsaturated/α-hetero) is 1. The molecule has 1 atom stereocenters. The molecule has 1 aliphatic carbocycles. The van der Waals surface area contributed by atoms with Crippen LogP contribution < -0.4 is 0 Å². The molecule has 0 spiro atoms. The predicted octanol–water partition coefficient (Wildman–Crippen LogP) is 5.11. The third-order valence-electron chi connectivity index (χ3n) is 5.00. The van der Waals surface area contributed by atoms with Crippen LogP contribution in [0.2, 0.25) is 0 Å². The van der Waals surface area contributed by atoms with E-state index in [1.54, 1.807) is 0 Å². The standard InChI is InChI=1S/C18H26O/c1-17(2)13-9-8-12-15(17)18(3,4)16(19)14-10-6-5-7-11-14/h5-7,10-11,15H,8-9,12-13H2,1-4H3. The number of rotatable bonds is 3. The van der Waals surface area contributed by atoms with Crippen molar-refractivity contribution >= 4 is 5.78 Å². The highest BCUT2D eigenvalue weighted by molar-refractivity contribution is 6.00. The van der Waals surface area contributed by atoms with Crippen molar-refractivity contribution < 1.29 is 4.79 Å². The Labute approximate surface area is 117 Å². The van der Waals surface area contributed by atoms with Crippen LogP contribution in [0.15, 0.2) is 30.3 Å². The maximum Gasteiger partial charge on any atom is 0.168 e. The average Bonchev–Trinajstić information content (AvgIpc) is 2.38. The predicted molar refractivity (Wildman–Crippen MR) is 80.3 cm³/mol. The summed E-state index contributed by atoms with van der Waals surface area (Å²) < 4.78 is 0. The van der Waals surface area contributed by atoms with Crippen molar-refractivity contribution in [2.45, 2.75) is 53.4 Å². The number of hydrogen-bond acceptors (Lipinski definition) is 1. The molecule has 1 aromatic rings. The number of benzene rings is 1. The van der Waals surface area contributed by atoms with Gasteiger partial charge >= 0.3 is 0 Å². The van der Waals surface area contributed by atoms with Crippen LogP contribution in [0.1, 0.15) is 63.7 Å². The third-order valence-corrected chi connectivity index (χ3v) is 5.00. The molecule has 104 valence electrons. The number of carbonyl (C=O) groups excluding carboxylic acids is 1. The Morgan fingerprint density at radius 1 is 1.16 bits per heavy atom. The van der Waals surface area contributed by atoms with Gasteiger partial charge in [-0.25, -0.2) is 0 Å². The molecule has 1 fully saturated rings. The molecule has 19 heavy (non-hydrogen) atoms. The smallest absolute Gasteiger partial charge is 0.168 e. The van der Waals surface area contributed by atoms with E-state index in [-0.39, 0.29) is 10.8 Å². The second-order valence-corrected chi connectivity index (χ2v) is 7.20. The van der Waals surface area contributed by atoms with Crippen LogP contribution in [0.3, 0.4) is 0 Å². The molecule has 1 saturated carbocycles. The van der Waals surface area contributed by atoms with Gasteiger partial charge in [-0.1, -0.05) is 70.9 Å². The van der Waals surface area contributed by atoms with Gasteiger partial charge in [0, 0.05) is 11.0 Å². The monoisotopic (exact) mass is 258 g/mol. The fourth-order valence-corrected chi connectivity index (χ4v) is 3.95. The Kier molecular flexibility index (Phi) is 3.85. The molecule has 0 aliphatic heterocycles. The van der Waals surface area contributed by atoms with Crippen LogP contribution in [-0.4, -0.2) is 5.78 Å². The van der Waals surface area contributed by atoms with E-state index in [9.17, 15) is 4.79 Å². The van der Waals surface area contributed by atoms with Crippen molar-refractivity contribution in [3.63, 3.8) is 0 Å². The molecular formula is C18H26O. The van der Waals surface area contributed by atoms with Crippen molar-refractivity contribution in [2.24, 2.45) is 16.7 Å². The van der Waals surface area contributed by atoms with E-state index in [4.69, 9.17) is 0 Å². The summed E-state index contributed by atoms with van der Waals surface area (Å²) in [6, 6.07) is 9.76. The van der Waals surface area contributed by atoms with Crippen molar-refractivity contribution in [1.82, 2.24) is 0 Å². The Morgan fingerprint density at radius 2 is 1.79 bits per heavy atom. The molecule has 0 N–H and O–H groups in total. The minimum atomic E-state index is -0.273. The zero-order valence-electron chi connectivity index (χ0n) is 12.7. The maximum atomic E-state index is 12.9. The van der Waals surface area contributed by atoms with E-state index in [1.807, 2.05) is 30.3 Å². The van der Waals surface area contributed by atoms with Crippen molar-refractivity contribution in [3.05, 3.63) is 35.9 Å². The molecule has 0 saturated heterocycles. The summed E-state index contributed by atoms with van der Waals surface area (Å²) in [6.45, 7) is 8.94. The highest BCUT2D eigenvalue weighted by Crippen LogP contribution is 2.50. The summed E-state index contributed by atoms with van der Waals surface area (Å²) >= 11 is 0. The zero-order chi connectivity index (χ0) is 14.1. The molecular weight excluding hydrogens is 232 g/mol. The van der Waals surface area contributed by atoms with Gasteiger partial charge in [-0.15, -0.1) is 0 Å². The van der Waals surface area contributed by atoms with Gasteiger partial charge < -0.3 is 0 Å². The topological polar surface area (TPSA) is 17.1 Å². The molecule has 0 aromatic heterocycles. The molecule has 0 radical (unpaired) electrons. The van der Waals surface area contributed by atoms with Crippen LogP contribution in [0.4, 0.5) is 0 Å². The number of hydrogen-bond donors (Lipinski definition) is 0. The first-order chi connectivity index (χ1) is 8.86. The van der Waals surface area contributed by atoms with Crippen LogP contribution in [0.25, 0.3) is 0 Å². The summed E-state index contributed by atoms with van der Waals surface area (Å²) in [5.41, 5.74) is 0.853. The van der Waals surface area contributed by atoms with Gasteiger partial charge in [0.1, 0.15) is 0 Å². The van der Waals surface area contributed by atoms with E-state index in [0.717, 1.165) is 5.56 Å². The molecule has 1 unspecified atom stereocenters. The summed E-state index contributed by atoms with van der Waals surface area (Å²) in [6.07, 6.45) is 4.99. The largest absolute Gasteiger partial charge is 0.294 e. The molecule has 1 heteroatoms. The highest BCUT2D eigenvalue weighted by Gasteiger charge is 2.45. The molecule has 0 bridgehead atoms. The van der Waals surface area contributed by atoms with Gasteiger partial charge in [-0.05, 0) is 24.2 Å². The Hall–Kier alpha value is -1.11. The van der Waals surface area contributed by atoms with Crippen molar-refractivity contribution in [3.8, 4) is 0 Å². The van der Waals surface area contributed by atoms with Gasteiger partial charge in [-0.2, -0.15) is 0 Å². The van der Waals surface area contributed by atoms with Crippen LogP contribution >= 0.6 is 0 Å². The summed E-state index contributed by atoms with van der Waals surface area (Å²) in [7, 11) is 0. The van der Waals surface area contributed by atoms with Gasteiger partial charge in [0.25, 0.3) is 0 Å². The van der Waals surface area contributed by atoms with Crippen molar-refractivity contribution in [1.29, 1.82) is 0 Å². The van der Waals surface area contributed by atoms with E-state index < -0.39 is 0 Å². The van der Waals surface area contributed by atoms with Crippen LogP contribution in [0, 0.1) is 16.7 Å². The Morgan fingerprint density at radius 3 is 2.37 bits per heavy atom. The fraction of sp³-hybridized carbons (Fsp3) is 0.611. The minimum absolute atomic E-state index is 0.270.